The second kappa shape index (κ2) is 6.83. The van der Waals surface area contributed by atoms with E-state index in [0.29, 0.717) is 22.0 Å². The van der Waals surface area contributed by atoms with Crippen molar-refractivity contribution in [2.24, 2.45) is 0 Å². The van der Waals surface area contributed by atoms with Crippen molar-refractivity contribution in [3.63, 3.8) is 0 Å². The van der Waals surface area contributed by atoms with Gasteiger partial charge in [-0.3, -0.25) is 9.59 Å². The summed E-state index contributed by atoms with van der Waals surface area (Å²) in [5, 5.41) is 13.8. The van der Waals surface area contributed by atoms with Crippen molar-refractivity contribution in [3.8, 4) is 6.07 Å². The van der Waals surface area contributed by atoms with Crippen LogP contribution in [-0.2, 0) is 16.1 Å². The fraction of sp³-hybridized carbons (Fsp3) is 0.200. The average Bonchev–Trinajstić information content (AvgIpc) is 3.23. The van der Waals surface area contributed by atoms with Crippen LogP contribution in [0.4, 0.5) is 0 Å². The molecule has 0 aliphatic carbocycles. The van der Waals surface area contributed by atoms with Crippen LogP contribution < -0.4 is 0 Å². The van der Waals surface area contributed by atoms with E-state index in [1.807, 2.05) is 13.0 Å². The molecule has 144 valence electrons. The van der Waals surface area contributed by atoms with Crippen molar-refractivity contribution in [1.82, 2.24) is 19.7 Å². The third-order valence-corrected chi connectivity index (χ3v) is 4.86. The van der Waals surface area contributed by atoms with E-state index in [1.54, 1.807) is 23.6 Å². The number of nitriles is 1. The maximum absolute atomic E-state index is 12.3. The summed E-state index contributed by atoms with van der Waals surface area (Å²) in [5.74, 6) is -2.03. The minimum Gasteiger partial charge on any atom is -0.330 e. The number of nitrogens with zero attached hydrogens (tertiary/aromatic N) is 5. The van der Waals surface area contributed by atoms with Crippen LogP contribution >= 0.6 is 0 Å². The number of hydrogen-bond acceptors (Lipinski definition) is 7. The highest BCUT2D eigenvalue weighted by molar-refractivity contribution is 6.20. The Morgan fingerprint density at radius 1 is 1.17 bits per heavy atom. The third kappa shape index (κ3) is 2.91. The van der Waals surface area contributed by atoms with E-state index in [9.17, 15) is 14.4 Å². The predicted octanol–water partition coefficient (Wildman–Crippen LogP) is 1.90. The molecule has 1 aliphatic heterocycles. The number of benzene rings is 1. The van der Waals surface area contributed by atoms with Crippen LogP contribution in [-0.4, -0.2) is 37.4 Å². The van der Waals surface area contributed by atoms with Gasteiger partial charge < -0.3 is 4.84 Å². The number of carbonyl (C=O) groups is 3. The van der Waals surface area contributed by atoms with Gasteiger partial charge in [-0.1, -0.05) is 17.2 Å². The van der Waals surface area contributed by atoms with Crippen molar-refractivity contribution in [1.29, 1.82) is 5.26 Å². The standard InChI is InChI=1S/C20H15N5O4/c1-11-14(12(2)24-18(23-11)13(9-21)10-22-24)7-8-17(26)29-25-19(27)15-5-3-4-6-16(15)20(25)28/h3-6,10H,7-8H2,1-2H3. The zero-order chi connectivity index (χ0) is 20.7. The molecule has 9 heteroatoms. The van der Waals surface area contributed by atoms with Gasteiger partial charge in [0.2, 0.25) is 0 Å². The molecule has 0 unspecified atom stereocenters. The first-order chi connectivity index (χ1) is 13.9. The number of amides is 2. The summed E-state index contributed by atoms with van der Waals surface area (Å²) in [5.41, 5.74) is 3.44. The van der Waals surface area contributed by atoms with Crippen LogP contribution in [0.15, 0.2) is 30.5 Å². The Balaban J connectivity index is 1.49. The molecule has 2 aromatic heterocycles. The molecule has 9 nitrogen and oxygen atoms in total. The molecule has 3 heterocycles. The molecule has 0 N–H and O–H groups in total. The number of aromatic nitrogens is 3. The second-order valence-corrected chi connectivity index (χ2v) is 6.58. The number of hydroxylamine groups is 2. The number of aryl methyl sites for hydroxylation is 2. The monoisotopic (exact) mass is 389 g/mol. The first-order valence-electron chi connectivity index (χ1n) is 8.85. The largest absolute Gasteiger partial charge is 0.333 e. The van der Waals surface area contributed by atoms with Crippen molar-refractivity contribution in [2.45, 2.75) is 26.7 Å². The summed E-state index contributed by atoms with van der Waals surface area (Å²) in [6.07, 6.45) is 1.66. The topological polar surface area (TPSA) is 118 Å². The lowest BCUT2D eigenvalue weighted by atomic mass is 10.1. The van der Waals surface area contributed by atoms with Crippen LogP contribution in [0.1, 0.15) is 49.7 Å². The number of rotatable bonds is 4. The Morgan fingerprint density at radius 3 is 2.45 bits per heavy atom. The predicted molar refractivity (Wildman–Crippen MR) is 98.5 cm³/mol. The highest BCUT2D eigenvalue weighted by Crippen LogP contribution is 2.23. The molecular formula is C20H15N5O4. The molecule has 0 atom stereocenters. The van der Waals surface area contributed by atoms with Crippen molar-refractivity contribution in [2.75, 3.05) is 0 Å². The fourth-order valence-electron chi connectivity index (χ4n) is 3.38. The second-order valence-electron chi connectivity index (χ2n) is 6.58. The van der Waals surface area contributed by atoms with Gasteiger partial charge in [0.05, 0.1) is 23.7 Å². The summed E-state index contributed by atoms with van der Waals surface area (Å²) < 4.78 is 1.55. The van der Waals surface area contributed by atoms with E-state index in [0.717, 1.165) is 11.3 Å². The number of carbonyl (C=O) groups excluding carboxylic acids is 3. The van der Waals surface area contributed by atoms with Gasteiger partial charge in [0, 0.05) is 11.4 Å². The zero-order valence-corrected chi connectivity index (χ0v) is 15.7. The van der Waals surface area contributed by atoms with E-state index in [1.165, 1.54) is 18.3 Å². The molecule has 1 aromatic carbocycles. The lowest BCUT2D eigenvalue weighted by molar-refractivity contribution is -0.168. The molecule has 1 aliphatic rings. The van der Waals surface area contributed by atoms with E-state index < -0.39 is 17.8 Å². The van der Waals surface area contributed by atoms with Crippen LogP contribution in [0.25, 0.3) is 5.65 Å². The molecule has 0 spiro atoms. The van der Waals surface area contributed by atoms with Crippen LogP contribution in [0.2, 0.25) is 0 Å². The highest BCUT2D eigenvalue weighted by atomic mass is 16.7. The molecule has 2 amide bonds. The van der Waals surface area contributed by atoms with Crippen molar-refractivity contribution < 1.29 is 19.2 Å². The molecule has 4 rings (SSSR count). The Bertz CT molecular complexity index is 1200. The summed E-state index contributed by atoms with van der Waals surface area (Å²) >= 11 is 0. The lowest BCUT2D eigenvalue weighted by Crippen LogP contribution is -2.32. The Labute approximate surface area is 165 Å². The van der Waals surface area contributed by atoms with E-state index >= 15 is 0 Å². The maximum atomic E-state index is 12.3. The number of imide groups is 1. The van der Waals surface area contributed by atoms with Gasteiger partial charge in [0.15, 0.2) is 5.65 Å². The van der Waals surface area contributed by atoms with Gasteiger partial charge >= 0.3 is 5.97 Å². The van der Waals surface area contributed by atoms with Gasteiger partial charge in [-0.05, 0) is 38.0 Å². The summed E-state index contributed by atoms with van der Waals surface area (Å²) in [4.78, 5) is 46.3. The first-order valence-corrected chi connectivity index (χ1v) is 8.85. The van der Waals surface area contributed by atoms with Gasteiger partial charge in [0.25, 0.3) is 11.8 Å². The molecule has 0 saturated carbocycles. The molecule has 0 saturated heterocycles. The van der Waals surface area contributed by atoms with Crippen molar-refractivity contribution >= 4 is 23.4 Å². The van der Waals surface area contributed by atoms with Gasteiger partial charge in [-0.2, -0.15) is 10.4 Å². The van der Waals surface area contributed by atoms with Gasteiger partial charge in [-0.25, -0.2) is 14.3 Å². The summed E-state index contributed by atoms with van der Waals surface area (Å²) in [7, 11) is 0. The van der Waals surface area contributed by atoms with Gasteiger partial charge in [-0.15, -0.1) is 0 Å². The smallest absolute Gasteiger partial charge is 0.330 e. The van der Waals surface area contributed by atoms with Crippen LogP contribution in [0, 0.1) is 25.2 Å². The fourth-order valence-corrected chi connectivity index (χ4v) is 3.38. The summed E-state index contributed by atoms with van der Waals surface area (Å²) in [6.45, 7) is 3.60. The molecule has 0 bridgehead atoms. The third-order valence-electron chi connectivity index (χ3n) is 4.86. The zero-order valence-electron chi connectivity index (χ0n) is 15.7. The SMILES string of the molecule is Cc1nc2c(C#N)cnn2c(C)c1CCC(=O)ON1C(=O)c2ccccc2C1=O. The normalized spacial score (nSPS) is 12.9. The first kappa shape index (κ1) is 18.3. The van der Waals surface area contributed by atoms with E-state index in [2.05, 4.69) is 10.1 Å². The molecule has 3 aromatic rings. The van der Waals surface area contributed by atoms with E-state index in [-0.39, 0.29) is 24.0 Å². The molecule has 0 fully saturated rings. The summed E-state index contributed by atoms with van der Waals surface area (Å²) in [6, 6.07) is 8.33. The number of fused-ring (bicyclic) bond motifs is 2. The highest BCUT2D eigenvalue weighted by Gasteiger charge is 2.38. The van der Waals surface area contributed by atoms with Crippen molar-refractivity contribution in [3.05, 3.63) is 64.1 Å². The van der Waals surface area contributed by atoms with E-state index in [4.69, 9.17) is 10.1 Å². The molecule has 29 heavy (non-hydrogen) atoms. The van der Waals surface area contributed by atoms with Gasteiger partial charge in [0.1, 0.15) is 11.6 Å². The average molecular weight is 389 g/mol. The Morgan fingerprint density at radius 2 is 1.83 bits per heavy atom. The molecule has 0 radical (unpaired) electrons. The number of hydrogen-bond donors (Lipinski definition) is 0. The maximum Gasteiger partial charge on any atom is 0.333 e. The minimum absolute atomic E-state index is 0.0609. The quantitative estimate of drug-likeness (QED) is 0.625. The van der Waals surface area contributed by atoms with Crippen LogP contribution in [0.5, 0.6) is 0 Å². The lowest BCUT2D eigenvalue weighted by Gasteiger charge is -2.14. The Hall–Kier alpha value is -4.06. The minimum atomic E-state index is -0.711. The Kier molecular flexibility index (Phi) is 4.31. The van der Waals surface area contributed by atoms with Crippen LogP contribution in [0.3, 0.4) is 0 Å². The molecular weight excluding hydrogens is 374 g/mol.